The summed E-state index contributed by atoms with van der Waals surface area (Å²) in [4.78, 5) is 6.43. The van der Waals surface area contributed by atoms with Gasteiger partial charge in [0.1, 0.15) is 5.69 Å². The Morgan fingerprint density at radius 2 is 2.22 bits per heavy atom. The van der Waals surface area contributed by atoms with Crippen molar-refractivity contribution in [3.63, 3.8) is 0 Å². The number of halogens is 1. The Bertz CT molecular complexity index is 734. The number of ether oxygens (including phenoxy) is 1. The molecule has 0 bridgehead atoms. The smallest absolute Gasteiger partial charge is 0.262 e. The number of nitrogens with zero attached hydrogens (tertiary/aromatic N) is 2. The van der Waals surface area contributed by atoms with Crippen molar-refractivity contribution >= 4 is 43.0 Å². The molecule has 0 atom stereocenters. The number of rotatable bonds is 8. The SMILES string of the molecule is CN(C)CCCOc1ncc(Br)cc1NS(=O)(=O)c1ccsc1. The quantitative estimate of drug-likeness (QED) is 0.665. The largest absolute Gasteiger partial charge is 0.476 e. The summed E-state index contributed by atoms with van der Waals surface area (Å²) >= 11 is 4.62. The van der Waals surface area contributed by atoms with Crippen molar-refractivity contribution in [3.05, 3.63) is 33.6 Å². The van der Waals surface area contributed by atoms with E-state index in [1.165, 1.54) is 11.3 Å². The van der Waals surface area contributed by atoms with Crippen molar-refractivity contribution in [3.8, 4) is 5.88 Å². The van der Waals surface area contributed by atoms with Crippen LogP contribution in [-0.4, -0.2) is 45.5 Å². The Hall–Kier alpha value is -1.16. The molecule has 2 rings (SSSR count). The molecule has 0 saturated carbocycles. The first-order valence-electron chi connectivity index (χ1n) is 6.86. The van der Waals surface area contributed by atoms with E-state index in [9.17, 15) is 8.42 Å². The third kappa shape index (κ3) is 5.45. The minimum atomic E-state index is -3.64. The summed E-state index contributed by atoms with van der Waals surface area (Å²) in [6, 6.07) is 3.19. The Morgan fingerprint density at radius 1 is 1.43 bits per heavy atom. The molecule has 126 valence electrons. The summed E-state index contributed by atoms with van der Waals surface area (Å²) in [7, 11) is 0.327. The highest BCUT2D eigenvalue weighted by molar-refractivity contribution is 9.10. The van der Waals surface area contributed by atoms with E-state index >= 15 is 0 Å². The highest BCUT2D eigenvalue weighted by Crippen LogP contribution is 2.28. The zero-order chi connectivity index (χ0) is 16.9. The molecule has 0 aromatic carbocycles. The van der Waals surface area contributed by atoms with Crippen LogP contribution in [-0.2, 0) is 10.0 Å². The van der Waals surface area contributed by atoms with Crippen LogP contribution in [0.15, 0.2) is 38.5 Å². The van der Waals surface area contributed by atoms with Gasteiger partial charge in [0.2, 0.25) is 5.88 Å². The number of aromatic nitrogens is 1. The molecule has 2 aromatic heterocycles. The third-order valence-electron chi connectivity index (χ3n) is 2.86. The van der Waals surface area contributed by atoms with Gasteiger partial charge in [0.25, 0.3) is 10.0 Å². The van der Waals surface area contributed by atoms with Gasteiger partial charge in [0.15, 0.2) is 0 Å². The lowest BCUT2D eigenvalue weighted by molar-refractivity contribution is 0.274. The van der Waals surface area contributed by atoms with Gasteiger partial charge in [-0.1, -0.05) is 0 Å². The van der Waals surface area contributed by atoms with E-state index in [0.717, 1.165) is 13.0 Å². The second-order valence-corrected chi connectivity index (χ2v) is 8.45. The number of sulfonamides is 1. The van der Waals surface area contributed by atoms with E-state index < -0.39 is 10.0 Å². The monoisotopic (exact) mass is 419 g/mol. The van der Waals surface area contributed by atoms with E-state index in [-0.39, 0.29) is 10.8 Å². The molecule has 0 unspecified atom stereocenters. The fourth-order valence-electron chi connectivity index (χ4n) is 1.77. The molecule has 6 nitrogen and oxygen atoms in total. The molecule has 1 N–H and O–H groups in total. The van der Waals surface area contributed by atoms with Crippen LogP contribution in [0.3, 0.4) is 0 Å². The van der Waals surface area contributed by atoms with Gasteiger partial charge >= 0.3 is 0 Å². The molecule has 9 heteroatoms. The van der Waals surface area contributed by atoms with Crippen molar-refractivity contribution < 1.29 is 13.2 Å². The van der Waals surface area contributed by atoms with Crippen LogP contribution in [0.2, 0.25) is 0 Å². The molecule has 0 amide bonds. The third-order valence-corrected chi connectivity index (χ3v) is 5.49. The van der Waals surface area contributed by atoms with Crippen LogP contribution in [0, 0.1) is 0 Å². The van der Waals surface area contributed by atoms with Gasteiger partial charge in [0.05, 0.1) is 11.5 Å². The van der Waals surface area contributed by atoms with Gasteiger partial charge in [-0.15, -0.1) is 0 Å². The van der Waals surface area contributed by atoms with Crippen LogP contribution in [0.25, 0.3) is 0 Å². The Morgan fingerprint density at radius 3 is 2.87 bits per heavy atom. The van der Waals surface area contributed by atoms with E-state index in [0.29, 0.717) is 16.8 Å². The first-order valence-corrected chi connectivity index (χ1v) is 10.1. The van der Waals surface area contributed by atoms with Crippen LogP contribution >= 0.6 is 27.3 Å². The minimum absolute atomic E-state index is 0.223. The molecule has 0 aliphatic carbocycles. The summed E-state index contributed by atoms with van der Waals surface area (Å²) in [5, 5.41) is 3.29. The maximum atomic E-state index is 12.3. The second-order valence-electron chi connectivity index (χ2n) is 5.08. The highest BCUT2D eigenvalue weighted by atomic mass is 79.9. The van der Waals surface area contributed by atoms with Crippen molar-refractivity contribution in [2.75, 3.05) is 32.0 Å². The van der Waals surface area contributed by atoms with Gasteiger partial charge in [-0.25, -0.2) is 13.4 Å². The molecular weight excluding hydrogens is 402 g/mol. The standard InChI is InChI=1S/C14H18BrN3O3S2/c1-18(2)5-3-6-21-14-13(8-11(15)9-16-14)17-23(19,20)12-4-7-22-10-12/h4,7-10,17H,3,5-6H2,1-2H3. The topological polar surface area (TPSA) is 71.5 Å². The first kappa shape index (κ1) is 18.2. The van der Waals surface area contributed by atoms with Crippen LogP contribution in [0.5, 0.6) is 5.88 Å². The average Bonchev–Trinajstić information content (AvgIpc) is 3.00. The zero-order valence-electron chi connectivity index (χ0n) is 12.8. The second kappa shape index (κ2) is 8.09. The molecule has 0 spiro atoms. The van der Waals surface area contributed by atoms with Gasteiger partial charge in [-0.3, -0.25) is 4.72 Å². The summed E-state index contributed by atoms with van der Waals surface area (Å²) < 4.78 is 33.5. The fourth-order valence-corrected chi connectivity index (χ4v) is 4.18. The van der Waals surface area contributed by atoms with E-state index in [4.69, 9.17) is 4.74 Å². The van der Waals surface area contributed by atoms with Crippen molar-refractivity contribution in [2.45, 2.75) is 11.3 Å². The molecular formula is C14H18BrN3O3S2. The molecule has 0 aliphatic rings. The number of hydrogen-bond acceptors (Lipinski definition) is 6. The number of hydrogen-bond donors (Lipinski definition) is 1. The van der Waals surface area contributed by atoms with Gasteiger partial charge < -0.3 is 9.64 Å². The Kier molecular flexibility index (Phi) is 6.40. The van der Waals surface area contributed by atoms with E-state index in [1.54, 1.807) is 29.1 Å². The normalized spacial score (nSPS) is 11.7. The molecule has 2 aromatic rings. The lowest BCUT2D eigenvalue weighted by atomic mass is 10.4. The predicted molar refractivity (Wildman–Crippen MR) is 95.7 cm³/mol. The summed E-state index contributed by atoms with van der Waals surface area (Å²) in [5.41, 5.74) is 0.315. The van der Waals surface area contributed by atoms with Gasteiger partial charge in [-0.2, -0.15) is 11.3 Å². The maximum absolute atomic E-state index is 12.3. The average molecular weight is 420 g/mol. The summed E-state index contributed by atoms with van der Waals surface area (Å²) in [6.07, 6.45) is 2.39. The fraction of sp³-hybridized carbons (Fsp3) is 0.357. The summed E-state index contributed by atoms with van der Waals surface area (Å²) in [6.45, 7) is 1.34. The molecule has 0 saturated heterocycles. The van der Waals surface area contributed by atoms with Crippen molar-refractivity contribution in [1.29, 1.82) is 0 Å². The van der Waals surface area contributed by atoms with Gasteiger partial charge in [-0.05, 0) is 54.0 Å². The number of thiophene rings is 1. The molecule has 2 heterocycles. The predicted octanol–water partition coefficient (Wildman–Crippen LogP) is 3.04. The van der Waals surface area contributed by atoms with E-state index in [2.05, 4.69) is 30.5 Å². The number of anilines is 1. The first-order chi connectivity index (χ1) is 10.9. The Balaban J connectivity index is 2.12. The molecule has 23 heavy (non-hydrogen) atoms. The highest BCUT2D eigenvalue weighted by Gasteiger charge is 2.18. The lowest BCUT2D eigenvalue weighted by Gasteiger charge is -2.13. The zero-order valence-corrected chi connectivity index (χ0v) is 16.0. The Labute approximate surface area is 148 Å². The molecule has 0 fully saturated rings. The van der Waals surface area contributed by atoms with E-state index in [1.807, 2.05) is 14.1 Å². The van der Waals surface area contributed by atoms with Crippen LogP contribution < -0.4 is 9.46 Å². The molecule has 0 radical (unpaired) electrons. The van der Waals surface area contributed by atoms with Crippen molar-refractivity contribution in [2.24, 2.45) is 0 Å². The minimum Gasteiger partial charge on any atom is -0.476 e. The number of pyridine rings is 1. The molecule has 0 aliphatic heterocycles. The maximum Gasteiger partial charge on any atom is 0.262 e. The van der Waals surface area contributed by atoms with Crippen molar-refractivity contribution in [1.82, 2.24) is 9.88 Å². The summed E-state index contributed by atoms with van der Waals surface area (Å²) in [5.74, 6) is 0.269. The lowest BCUT2D eigenvalue weighted by Crippen LogP contribution is -2.17. The number of nitrogens with one attached hydrogen (secondary N) is 1. The van der Waals surface area contributed by atoms with Crippen LogP contribution in [0.1, 0.15) is 6.42 Å². The van der Waals surface area contributed by atoms with Crippen LogP contribution in [0.4, 0.5) is 5.69 Å². The van der Waals surface area contributed by atoms with Gasteiger partial charge in [0, 0.05) is 22.6 Å².